The molecule has 4 rings (SSSR count). The summed E-state index contributed by atoms with van der Waals surface area (Å²) in [7, 11) is 0. The lowest BCUT2D eigenvalue weighted by atomic mass is 10.1. The molecule has 3 aromatic heterocycles. The maximum Gasteiger partial charge on any atom is 0.436 e. The lowest BCUT2D eigenvalue weighted by Crippen LogP contribution is -2.45. The molecule has 1 atom stereocenters. The van der Waals surface area contributed by atoms with Crippen LogP contribution in [0.25, 0.3) is 32.5 Å². The van der Waals surface area contributed by atoms with Crippen molar-refractivity contribution in [3.63, 3.8) is 0 Å². The Kier molecular flexibility index (Phi) is 4.11. The van der Waals surface area contributed by atoms with Gasteiger partial charge in [0.25, 0.3) is 0 Å². The normalized spacial score (nSPS) is 14.7. The number of H-pyrrole nitrogens is 1. The molecule has 1 aromatic carbocycles. The van der Waals surface area contributed by atoms with E-state index in [2.05, 4.69) is 9.97 Å². The third-order valence-electron chi connectivity index (χ3n) is 4.74. The van der Waals surface area contributed by atoms with Crippen molar-refractivity contribution in [3.8, 4) is 10.7 Å². The van der Waals surface area contributed by atoms with Crippen molar-refractivity contribution in [2.24, 2.45) is 0 Å². The van der Waals surface area contributed by atoms with Crippen molar-refractivity contribution in [2.75, 3.05) is 0 Å². The second-order valence-electron chi connectivity index (χ2n) is 6.53. The molecule has 0 unspecified atom stereocenters. The van der Waals surface area contributed by atoms with Crippen LogP contribution < -0.4 is 5.56 Å². The Balaban J connectivity index is 2.27. The molecule has 0 aliphatic heterocycles. The van der Waals surface area contributed by atoms with E-state index in [0.29, 0.717) is 33.8 Å². The fraction of sp³-hybridized carbons (Fsp3) is 0.222. The Labute approximate surface area is 165 Å². The Morgan fingerprint density at radius 2 is 2.00 bits per heavy atom. The van der Waals surface area contributed by atoms with Crippen LogP contribution in [-0.2, 0) is 5.72 Å². The van der Waals surface area contributed by atoms with E-state index in [1.165, 1.54) is 24.4 Å². The molecule has 10 heteroatoms. The SMILES string of the molecule is Cc1c(-c2nccs2)n([C@@](C)(O)C(F)(F)F)c2ccc3[nH]c(=O)cc(Cl)c3c12. The van der Waals surface area contributed by atoms with Gasteiger partial charge in [-0.25, -0.2) is 4.98 Å². The summed E-state index contributed by atoms with van der Waals surface area (Å²) < 4.78 is 42.1. The van der Waals surface area contributed by atoms with E-state index < -0.39 is 17.5 Å². The van der Waals surface area contributed by atoms with Gasteiger partial charge in [-0.05, 0) is 31.5 Å². The predicted molar refractivity (Wildman–Crippen MR) is 103 cm³/mol. The highest BCUT2D eigenvalue weighted by molar-refractivity contribution is 7.13. The summed E-state index contributed by atoms with van der Waals surface area (Å²) in [5.74, 6) is 0. The summed E-state index contributed by atoms with van der Waals surface area (Å²) in [6, 6.07) is 4.07. The van der Waals surface area contributed by atoms with Crippen molar-refractivity contribution in [1.82, 2.24) is 14.5 Å². The van der Waals surface area contributed by atoms with Crippen LogP contribution in [0.15, 0.2) is 34.6 Å². The topological polar surface area (TPSA) is 70.9 Å². The number of aromatic nitrogens is 3. The number of alkyl halides is 3. The van der Waals surface area contributed by atoms with Crippen molar-refractivity contribution in [3.05, 3.63) is 50.7 Å². The summed E-state index contributed by atoms with van der Waals surface area (Å²) in [5, 5.41) is 13.4. The van der Waals surface area contributed by atoms with Crippen molar-refractivity contribution in [2.45, 2.75) is 25.7 Å². The van der Waals surface area contributed by atoms with E-state index in [4.69, 9.17) is 11.6 Å². The Bertz CT molecular complexity index is 1270. The molecular formula is C18H13ClF3N3O2S. The summed E-state index contributed by atoms with van der Waals surface area (Å²) in [6.45, 7) is 2.34. The molecule has 0 fully saturated rings. The number of rotatable bonds is 2. The highest BCUT2D eigenvalue weighted by atomic mass is 35.5. The average molecular weight is 428 g/mol. The number of pyridine rings is 1. The maximum absolute atomic E-state index is 13.8. The van der Waals surface area contributed by atoms with Gasteiger partial charge in [0, 0.05) is 28.4 Å². The zero-order valence-corrected chi connectivity index (χ0v) is 16.1. The van der Waals surface area contributed by atoms with Crippen LogP contribution >= 0.6 is 22.9 Å². The number of fused-ring (bicyclic) bond motifs is 3. The van der Waals surface area contributed by atoms with Gasteiger partial charge < -0.3 is 14.7 Å². The molecule has 0 aliphatic rings. The third-order valence-corrected chi connectivity index (χ3v) is 5.82. The van der Waals surface area contributed by atoms with Crippen LogP contribution in [0.4, 0.5) is 13.2 Å². The zero-order valence-electron chi connectivity index (χ0n) is 14.6. The first-order chi connectivity index (χ1) is 13.0. The Morgan fingerprint density at radius 3 is 2.61 bits per heavy atom. The lowest BCUT2D eigenvalue weighted by molar-refractivity contribution is -0.288. The average Bonchev–Trinajstić information content (AvgIpc) is 3.19. The second-order valence-corrected chi connectivity index (χ2v) is 7.83. The molecule has 0 saturated carbocycles. The molecule has 3 heterocycles. The fourth-order valence-corrected chi connectivity index (χ4v) is 4.47. The van der Waals surface area contributed by atoms with Gasteiger partial charge in [-0.15, -0.1) is 11.3 Å². The summed E-state index contributed by atoms with van der Waals surface area (Å²) in [5.41, 5.74) is -2.48. The minimum Gasteiger partial charge on any atom is -0.363 e. The van der Waals surface area contributed by atoms with Gasteiger partial charge in [0.05, 0.1) is 21.7 Å². The van der Waals surface area contributed by atoms with Gasteiger partial charge in [0.2, 0.25) is 11.3 Å². The van der Waals surface area contributed by atoms with Crippen molar-refractivity contribution < 1.29 is 18.3 Å². The number of aliphatic hydroxyl groups is 1. The molecule has 0 aliphatic carbocycles. The molecule has 0 bridgehead atoms. The number of aromatic amines is 1. The Morgan fingerprint density at radius 1 is 1.29 bits per heavy atom. The Hall–Kier alpha value is -2.36. The van der Waals surface area contributed by atoms with E-state index in [0.717, 1.165) is 15.9 Å². The number of hydrogen-bond acceptors (Lipinski definition) is 4. The molecule has 0 amide bonds. The molecule has 28 heavy (non-hydrogen) atoms. The number of nitrogens with zero attached hydrogens (tertiary/aromatic N) is 2. The smallest absolute Gasteiger partial charge is 0.363 e. The predicted octanol–water partition coefficient (Wildman–Crippen LogP) is 4.80. The van der Waals surface area contributed by atoms with E-state index in [-0.39, 0.29) is 16.2 Å². The van der Waals surface area contributed by atoms with Crippen molar-refractivity contribution in [1.29, 1.82) is 0 Å². The van der Waals surface area contributed by atoms with Crippen LogP contribution in [-0.4, -0.2) is 25.8 Å². The first-order valence-electron chi connectivity index (χ1n) is 8.10. The minimum atomic E-state index is -4.94. The molecule has 0 spiro atoms. The quantitative estimate of drug-likeness (QED) is 0.483. The molecule has 146 valence electrons. The van der Waals surface area contributed by atoms with Gasteiger partial charge in [-0.3, -0.25) is 4.79 Å². The molecular weight excluding hydrogens is 415 g/mol. The van der Waals surface area contributed by atoms with E-state index >= 15 is 0 Å². The second kappa shape index (κ2) is 6.07. The van der Waals surface area contributed by atoms with Gasteiger partial charge in [0.15, 0.2) is 0 Å². The van der Waals surface area contributed by atoms with E-state index in [9.17, 15) is 23.1 Å². The number of benzene rings is 1. The number of nitrogens with one attached hydrogen (secondary N) is 1. The zero-order chi connectivity index (χ0) is 20.4. The standard InChI is InChI=1S/C18H13ClF3N3O2S/c1-8-13-11(4-3-10-14(13)9(19)7-12(26)24-10)25(17(2,27)18(20,21)22)15(8)16-23-5-6-28-16/h3-7,27H,1-2H3,(H,24,26)/t17-/m0/s1. The van der Waals surface area contributed by atoms with Crippen LogP contribution in [0, 0.1) is 6.92 Å². The van der Waals surface area contributed by atoms with Crippen molar-refractivity contribution >= 4 is 44.7 Å². The van der Waals surface area contributed by atoms with Crippen LogP contribution in [0.5, 0.6) is 0 Å². The first kappa shape index (κ1) is 19.0. The van der Waals surface area contributed by atoms with Crippen LogP contribution in [0.1, 0.15) is 12.5 Å². The highest BCUT2D eigenvalue weighted by Crippen LogP contribution is 2.45. The van der Waals surface area contributed by atoms with Crippen LogP contribution in [0.3, 0.4) is 0 Å². The third kappa shape index (κ3) is 2.57. The fourth-order valence-electron chi connectivity index (χ4n) is 3.45. The molecule has 2 N–H and O–H groups in total. The van der Waals surface area contributed by atoms with E-state index in [1.54, 1.807) is 12.3 Å². The van der Waals surface area contributed by atoms with Gasteiger partial charge in [-0.2, -0.15) is 13.2 Å². The number of halogens is 4. The molecule has 4 aromatic rings. The summed E-state index contributed by atoms with van der Waals surface area (Å²) in [4.78, 5) is 18.5. The van der Waals surface area contributed by atoms with Gasteiger partial charge in [-0.1, -0.05) is 11.6 Å². The van der Waals surface area contributed by atoms with Gasteiger partial charge in [0.1, 0.15) is 5.01 Å². The largest absolute Gasteiger partial charge is 0.436 e. The number of aryl methyl sites for hydroxylation is 1. The highest BCUT2D eigenvalue weighted by Gasteiger charge is 2.53. The monoisotopic (exact) mass is 427 g/mol. The summed E-state index contributed by atoms with van der Waals surface area (Å²) >= 11 is 7.43. The first-order valence-corrected chi connectivity index (χ1v) is 9.36. The number of hydrogen-bond donors (Lipinski definition) is 2. The number of thiazole rings is 1. The minimum absolute atomic E-state index is 0.113. The van der Waals surface area contributed by atoms with E-state index in [1.807, 2.05) is 0 Å². The molecule has 5 nitrogen and oxygen atoms in total. The van der Waals surface area contributed by atoms with Crippen LogP contribution in [0.2, 0.25) is 5.02 Å². The maximum atomic E-state index is 13.8. The summed E-state index contributed by atoms with van der Waals surface area (Å²) in [6.07, 6.45) is -3.46. The van der Waals surface area contributed by atoms with Gasteiger partial charge >= 0.3 is 6.18 Å². The molecule has 0 saturated heterocycles. The lowest BCUT2D eigenvalue weighted by Gasteiger charge is -2.30. The molecule has 0 radical (unpaired) electrons.